The number of hydrogen-bond donors (Lipinski definition) is 3. The largest absolute Gasteiger partial charge is 0.479 e. The third-order valence-corrected chi connectivity index (χ3v) is 12.9. The summed E-state index contributed by atoms with van der Waals surface area (Å²) in [4.78, 5) is 51.2. The van der Waals surface area contributed by atoms with E-state index < -0.39 is 67.3 Å². The minimum atomic E-state index is -1.94. The van der Waals surface area contributed by atoms with Gasteiger partial charge in [-0.15, -0.1) is 0 Å². The van der Waals surface area contributed by atoms with E-state index in [0.29, 0.717) is 25.7 Å². The first-order valence-electron chi connectivity index (χ1n) is 30.8. The second-order valence-corrected chi connectivity index (χ2v) is 20.2. The summed E-state index contributed by atoms with van der Waals surface area (Å²) in [5, 5.41) is 31.5. The molecule has 6 atom stereocenters. The Kier molecular flexibility index (Phi) is 50.1. The summed E-state index contributed by atoms with van der Waals surface area (Å²) in [6.07, 6.45) is 66.7. The molecular weight excluding hydrogens is 1020 g/mol. The summed E-state index contributed by atoms with van der Waals surface area (Å²) in [6.45, 7) is 5.66. The highest BCUT2D eigenvalue weighted by Gasteiger charge is 2.50. The molecule has 12 nitrogen and oxygen atoms in total. The maximum absolute atomic E-state index is 13.2. The van der Waals surface area contributed by atoms with Crippen LogP contribution in [0.25, 0.3) is 0 Å². The summed E-state index contributed by atoms with van der Waals surface area (Å²) in [5.41, 5.74) is 0. The zero-order valence-corrected chi connectivity index (χ0v) is 50.0. The Hall–Kier alpha value is -5.40. The van der Waals surface area contributed by atoms with Crippen molar-refractivity contribution >= 4 is 23.9 Å². The van der Waals surface area contributed by atoms with Crippen molar-refractivity contribution < 1.29 is 58.2 Å². The van der Waals surface area contributed by atoms with E-state index in [1.807, 2.05) is 12.2 Å². The van der Waals surface area contributed by atoms with Crippen molar-refractivity contribution in [1.29, 1.82) is 0 Å². The number of aliphatic hydroxyl groups is 2. The molecule has 0 aliphatic carbocycles. The van der Waals surface area contributed by atoms with Crippen LogP contribution in [0.15, 0.2) is 146 Å². The lowest BCUT2D eigenvalue weighted by atomic mass is 9.98. The van der Waals surface area contributed by atoms with E-state index in [2.05, 4.69) is 154 Å². The number of unbranched alkanes of at least 4 members (excludes halogenated alkanes) is 12. The fourth-order valence-corrected chi connectivity index (χ4v) is 8.22. The first-order valence-corrected chi connectivity index (χ1v) is 30.8. The number of carboxylic acids is 1. The van der Waals surface area contributed by atoms with E-state index in [1.165, 1.54) is 19.3 Å². The quantitative estimate of drug-likeness (QED) is 0.0228. The molecule has 0 bridgehead atoms. The van der Waals surface area contributed by atoms with Crippen molar-refractivity contribution in [3.8, 4) is 0 Å². The number of allylic oxidation sites excluding steroid dienone is 24. The topological polar surface area (TPSA) is 175 Å². The Balaban J connectivity index is 2.76. The minimum absolute atomic E-state index is 0.0313. The van der Waals surface area contributed by atoms with E-state index in [0.717, 1.165) is 128 Å². The smallest absolute Gasteiger partial charge is 0.335 e. The van der Waals surface area contributed by atoms with E-state index in [9.17, 15) is 34.5 Å². The van der Waals surface area contributed by atoms with Crippen LogP contribution in [0.1, 0.15) is 213 Å². The fraction of sp³-hybridized carbons (Fsp3) is 0.594. The van der Waals surface area contributed by atoms with Crippen LogP contribution in [-0.2, 0) is 42.9 Å². The zero-order valence-electron chi connectivity index (χ0n) is 50.0. The molecule has 0 aromatic carbocycles. The number of carbonyl (C=O) groups is 4. The van der Waals surface area contributed by atoms with Gasteiger partial charge in [0.15, 0.2) is 24.6 Å². The Bertz CT molecular complexity index is 1960. The molecular formula is C69H106O12. The predicted octanol–water partition coefficient (Wildman–Crippen LogP) is 16.3. The Labute approximate surface area is 489 Å². The highest BCUT2D eigenvalue weighted by Crippen LogP contribution is 2.26. The molecule has 454 valence electrons. The lowest BCUT2D eigenvalue weighted by Gasteiger charge is -2.40. The van der Waals surface area contributed by atoms with Crippen LogP contribution in [0.5, 0.6) is 0 Å². The average molecular weight is 1130 g/mol. The number of ether oxygens (including phenoxy) is 5. The number of rotatable bonds is 50. The van der Waals surface area contributed by atoms with Crippen molar-refractivity contribution in [2.75, 3.05) is 13.2 Å². The summed E-state index contributed by atoms with van der Waals surface area (Å²) < 4.78 is 28.4. The molecule has 1 saturated heterocycles. The lowest BCUT2D eigenvalue weighted by Crippen LogP contribution is -2.61. The first kappa shape index (κ1) is 73.6. The summed E-state index contributed by atoms with van der Waals surface area (Å²) in [5.74, 6) is -3.28. The molecule has 12 heteroatoms. The van der Waals surface area contributed by atoms with Gasteiger partial charge in [-0.2, -0.15) is 0 Å². The van der Waals surface area contributed by atoms with Crippen LogP contribution in [0.4, 0.5) is 0 Å². The number of aliphatic hydroxyl groups excluding tert-OH is 2. The van der Waals surface area contributed by atoms with Gasteiger partial charge in [0.05, 0.1) is 6.61 Å². The van der Waals surface area contributed by atoms with Crippen molar-refractivity contribution in [2.24, 2.45) is 0 Å². The van der Waals surface area contributed by atoms with E-state index in [4.69, 9.17) is 23.7 Å². The van der Waals surface area contributed by atoms with Gasteiger partial charge in [0.2, 0.25) is 0 Å². The molecule has 1 fully saturated rings. The number of esters is 3. The summed E-state index contributed by atoms with van der Waals surface area (Å²) in [6, 6.07) is 0. The van der Waals surface area contributed by atoms with Crippen LogP contribution < -0.4 is 0 Å². The lowest BCUT2D eigenvalue weighted by molar-refractivity contribution is -0.301. The third-order valence-electron chi connectivity index (χ3n) is 12.9. The molecule has 0 aromatic rings. The van der Waals surface area contributed by atoms with Crippen LogP contribution in [0, 0.1) is 0 Å². The maximum Gasteiger partial charge on any atom is 0.335 e. The number of hydrogen-bond acceptors (Lipinski definition) is 11. The van der Waals surface area contributed by atoms with Gasteiger partial charge in [0, 0.05) is 19.3 Å². The van der Waals surface area contributed by atoms with Crippen molar-refractivity contribution in [1.82, 2.24) is 0 Å². The summed E-state index contributed by atoms with van der Waals surface area (Å²) in [7, 11) is 0. The van der Waals surface area contributed by atoms with Crippen molar-refractivity contribution in [2.45, 2.75) is 250 Å². The molecule has 3 N–H and O–H groups in total. The number of aliphatic carboxylic acids is 1. The van der Waals surface area contributed by atoms with Gasteiger partial charge in [-0.05, 0) is 135 Å². The molecule has 1 aliphatic rings. The van der Waals surface area contributed by atoms with E-state index in [1.54, 1.807) is 0 Å². The minimum Gasteiger partial charge on any atom is -0.479 e. The number of carbonyl (C=O) groups excluding carboxylic acids is 3. The van der Waals surface area contributed by atoms with E-state index >= 15 is 0 Å². The Morgan fingerprint density at radius 2 is 0.790 bits per heavy atom. The summed E-state index contributed by atoms with van der Waals surface area (Å²) >= 11 is 0. The predicted molar refractivity (Wildman–Crippen MR) is 330 cm³/mol. The third kappa shape index (κ3) is 44.9. The molecule has 0 saturated carbocycles. The molecule has 1 aliphatic heterocycles. The Morgan fingerprint density at radius 1 is 0.420 bits per heavy atom. The van der Waals surface area contributed by atoms with Gasteiger partial charge >= 0.3 is 23.9 Å². The average Bonchev–Trinajstić information content (AvgIpc) is 3.53. The second-order valence-electron chi connectivity index (χ2n) is 20.2. The first-order chi connectivity index (χ1) is 39.6. The monoisotopic (exact) mass is 1130 g/mol. The van der Waals surface area contributed by atoms with E-state index in [-0.39, 0.29) is 25.9 Å². The van der Waals surface area contributed by atoms with Crippen LogP contribution in [-0.4, -0.2) is 89.2 Å². The molecule has 0 amide bonds. The molecule has 1 heterocycles. The van der Waals surface area contributed by atoms with Crippen molar-refractivity contribution in [3.05, 3.63) is 146 Å². The molecule has 0 radical (unpaired) electrons. The van der Waals surface area contributed by atoms with Gasteiger partial charge in [0.1, 0.15) is 18.8 Å². The van der Waals surface area contributed by atoms with Gasteiger partial charge in [-0.25, -0.2) is 4.79 Å². The van der Waals surface area contributed by atoms with Crippen molar-refractivity contribution in [3.63, 3.8) is 0 Å². The van der Waals surface area contributed by atoms with Gasteiger partial charge in [-0.1, -0.05) is 205 Å². The highest BCUT2D eigenvalue weighted by atomic mass is 16.7. The maximum atomic E-state index is 13.2. The molecule has 6 unspecified atom stereocenters. The van der Waals surface area contributed by atoms with Gasteiger partial charge in [-0.3, -0.25) is 14.4 Å². The Morgan fingerprint density at radius 3 is 1.23 bits per heavy atom. The van der Waals surface area contributed by atoms with Gasteiger partial charge in [0.25, 0.3) is 0 Å². The molecule has 0 aromatic heterocycles. The molecule has 0 spiro atoms. The zero-order chi connectivity index (χ0) is 58.9. The number of carboxylic acid groups (broad SMARTS) is 1. The van der Waals surface area contributed by atoms with Crippen LogP contribution in [0.3, 0.4) is 0 Å². The van der Waals surface area contributed by atoms with Gasteiger partial charge < -0.3 is 39.0 Å². The molecule has 1 rings (SSSR count). The van der Waals surface area contributed by atoms with Crippen LogP contribution >= 0.6 is 0 Å². The standard InChI is InChI=1S/C69H106O12/c1-4-7-10-13-16-19-22-25-28-30-31-33-35-37-40-43-46-49-52-55-61(70)77-58-60(79-62(71)56-53-50-47-44-41-38-34-27-24-21-18-15-12-9-6-3)59-78-69-67(65(74)64(73)66(81-69)68(75)76)80-63(72)57-54-51-48-45-42-39-36-32-29-26-23-20-17-14-11-8-5-2/h7-8,10-11,16-21,25-29,31,33-34,36-37,39-40,45,48,60,64-67,69,73-74H,4-6,9,12-15,22-24,30,32,35,38,41-44,46-47,49-59H2,1-3H3,(H,75,76)/b10-7-,11-8-,19-16-,20-17-,21-18-,28-25-,29-26-,33-31-,34-27-,39-36-,40-37-,48-45-. The highest BCUT2D eigenvalue weighted by molar-refractivity contribution is 5.74. The van der Waals surface area contributed by atoms with Crippen LogP contribution in [0.2, 0.25) is 0 Å². The second kappa shape index (κ2) is 55.2. The SMILES string of the molecule is CC/C=C\C/C=C\C/C=C\C/C=C\C/C=C\CCCCCC(=O)OCC(COC1OC(C(=O)O)C(O)C(O)C1OC(=O)CCC/C=C\C/C=C\C/C=C\C/C=C\C/C=C\CC)OC(=O)CCCCCCC/C=C\C/C=C\CCCCC. The fourth-order valence-electron chi connectivity index (χ4n) is 8.22. The normalized spacial score (nSPS) is 18.8. The molecule has 81 heavy (non-hydrogen) atoms.